The monoisotopic (exact) mass is 288 g/mol. The first kappa shape index (κ1) is 13.9. The number of rotatable bonds is 3. The van der Waals surface area contributed by atoms with Crippen molar-refractivity contribution >= 4 is 21.6 Å². The van der Waals surface area contributed by atoms with E-state index < -0.39 is 32.7 Å². The average molecular weight is 288 g/mol. The molecule has 3 N–H and O–H groups in total. The highest BCUT2D eigenvalue weighted by Crippen LogP contribution is 2.19. The van der Waals surface area contributed by atoms with Crippen molar-refractivity contribution in [1.82, 2.24) is 0 Å². The molecule has 0 aromatic heterocycles. The predicted molar refractivity (Wildman–Crippen MR) is 65.4 cm³/mol. The van der Waals surface area contributed by atoms with Crippen molar-refractivity contribution in [3.8, 4) is 0 Å². The topological polar surface area (TPSA) is 98.5 Å². The van der Waals surface area contributed by atoms with Crippen LogP contribution in [0.1, 0.15) is 12.8 Å². The van der Waals surface area contributed by atoms with Gasteiger partial charge in [0.05, 0.1) is 4.90 Å². The first-order valence-electron chi connectivity index (χ1n) is 5.62. The molecule has 0 saturated carbocycles. The standard InChI is InChI=1S/C11H13FN2O4S/c12-7-4-8(6-9(5-7)19(13,16)17)14-11(15)10-2-1-3-18-10/h4-6,10H,1-3H2,(H,14,15)(H2,13,16,17). The Kier molecular flexibility index (Phi) is 3.83. The molecule has 1 aliphatic rings. The number of sulfonamides is 1. The minimum Gasteiger partial charge on any atom is -0.368 e. The van der Waals surface area contributed by atoms with E-state index in [2.05, 4.69) is 5.32 Å². The Bertz CT molecular complexity index is 597. The molecule has 6 nitrogen and oxygen atoms in total. The van der Waals surface area contributed by atoms with Crippen molar-refractivity contribution in [1.29, 1.82) is 0 Å². The van der Waals surface area contributed by atoms with Crippen molar-refractivity contribution in [3.63, 3.8) is 0 Å². The maximum absolute atomic E-state index is 13.3. The first-order chi connectivity index (χ1) is 8.86. The lowest BCUT2D eigenvalue weighted by Crippen LogP contribution is -2.27. The molecule has 1 aromatic rings. The number of carbonyl (C=O) groups excluding carboxylic acids is 1. The van der Waals surface area contributed by atoms with Crippen LogP contribution in [0.3, 0.4) is 0 Å². The molecule has 1 atom stereocenters. The van der Waals surface area contributed by atoms with Gasteiger partial charge in [0.1, 0.15) is 11.9 Å². The van der Waals surface area contributed by atoms with Gasteiger partial charge in [-0.1, -0.05) is 0 Å². The van der Waals surface area contributed by atoms with Gasteiger partial charge in [0.25, 0.3) is 5.91 Å². The van der Waals surface area contributed by atoms with Crippen LogP contribution >= 0.6 is 0 Å². The summed E-state index contributed by atoms with van der Waals surface area (Å²) < 4.78 is 40.8. The number of hydrogen-bond donors (Lipinski definition) is 2. The Morgan fingerprint density at radius 1 is 1.42 bits per heavy atom. The van der Waals surface area contributed by atoms with E-state index in [9.17, 15) is 17.6 Å². The maximum Gasteiger partial charge on any atom is 0.253 e. The van der Waals surface area contributed by atoms with Crippen molar-refractivity contribution in [2.75, 3.05) is 11.9 Å². The molecule has 8 heteroatoms. The fourth-order valence-corrected chi connectivity index (χ4v) is 2.37. The molecule has 104 valence electrons. The van der Waals surface area contributed by atoms with Crippen molar-refractivity contribution < 1.29 is 22.3 Å². The summed E-state index contributed by atoms with van der Waals surface area (Å²) in [5.74, 6) is -1.22. The zero-order chi connectivity index (χ0) is 14.0. The van der Waals surface area contributed by atoms with Gasteiger partial charge < -0.3 is 10.1 Å². The van der Waals surface area contributed by atoms with Crippen molar-refractivity contribution in [3.05, 3.63) is 24.0 Å². The second kappa shape index (κ2) is 5.24. The highest BCUT2D eigenvalue weighted by molar-refractivity contribution is 7.89. The van der Waals surface area contributed by atoms with Crippen LogP contribution in [0.2, 0.25) is 0 Å². The fourth-order valence-electron chi connectivity index (χ4n) is 1.81. The van der Waals surface area contributed by atoms with Crippen molar-refractivity contribution in [2.45, 2.75) is 23.8 Å². The summed E-state index contributed by atoms with van der Waals surface area (Å²) >= 11 is 0. The average Bonchev–Trinajstić information content (AvgIpc) is 2.80. The van der Waals surface area contributed by atoms with Crippen LogP contribution in [0.5, 0.6) is 0 Å². The van der Waals surface area contributed by atoms with E-state index in [4.69, 9.17) is 9.88 Å². The third-order valence-corrected chi connectivity index (χ3v) is 3.58. The number of ether oxygens (including phenoxy) is 1. The van der Waals surface area contributed by atoms with Gasteiger partial charge in [0.2, 0.25) is 10.0 Å². The first-order valence-corrected chi connectivity index (χ1v) is 7.17. The fraction of sp³-hybridized carbons (Fsp3) is 0.364. The van der Waals surface area contributed by atoms with E-state index in [-0.39, 0.29) is 5.69 Å². The highest BCUT2D eigenvalue weighted by atomic mass is 32.2. The summed E-state index contributed by atoms with van der Waals surface area (Å²) in [6.07, 6.45) is 0.786. The zero-order valence-electron chi connectivity index (χ0n) is 9.93. The van der Waals surface area contributed by atoms with E-state index in [1.54, 1.807) is 0 Å². The number of amides is 1. The van der Waals surface area contributed by atoms with Crippen LogP contribution in [0, 0.1) is 5.82 Å². The molecule has 1 saturated heterocycles. The Hall–Kier alpha value is -1.51. The van der Waals surface area contributed by atoms with E-state index in [0.29, 0.717) is 13.0 Å². The van der Waals surface area contributed by atoms with Crippen LogP contribution in [-0.4, -0.2) is 27.0 Å². The molecule has 1 fully saturated rings. The molecule has 1 amide bonds. The van der Waals surface area contributed by atoms with E-state index in [0.717, 1.165) is 24.6 Å². The lowest BCUT2D eigenvalue weighted by molar-refractivity contribution is -0.124. The zero-order valence-corrected chi connectivity index (χ0v) is 10.7. The molecule has 1 heterocycles. The summed E-state index contributed by atoms with van der Waals surface area (Å²) in [5, 5.41) is 7.33. The lowest BCUT2D eigenvalue weighted by Gasteiger charge is -2.11. The number of hydrogen-bond acceptors (Lipinski definition) is 4. The summed E-state index contributed by atoms with van der Waals surface area (Å²) in [4.78, 5) is 11.4. The third kappa shape index (κ3) is 3.49. The molecule has 0 spiro atoms. The summed E-state index contributed by atoms with van der Waals surface area (Å²) in [6.45, 7) is 0.504. The summed E-state index contributed by atoms with van der Waals surface area (Å²) in [5.41, 5.74) is 0.0320. The second-order valence-electron chi connectivity index (χ2n) is 4.21. The molecule has 2 rings (SSSR count). The van der Waals surface area contributed by atoms with Crippen LogP contribution in [0.25, 0.3) is 0 Å². The molecule has 19 heavy (non-hydrogen) atoms. The SMILES string of the molecule is NS(=O)(=O)c1cc(F)cc(NC(=O)C2CCCO2)c1. The molecule has 1 unspecified atom stereocenters. The lowest BCUT2D eigenvalue weighted by atomic mass is 10.2. The summed E-state index contributed by atoms with van der Waals surface area (Å²) in [6, 6.07) is 2.91. The normalized spacial score (nSPS) is 19.4. The number of nitrogens with two attached hydrogens (primary N) is 1. The highest BCUT2D eigenvalue weighted by Gasteiger charge is 2.24. The minimum absolute atomic E-state index is 0.0320. The van der Waals surface area contributed by atoms with Gasteiger partial charge in [-0.15, -0.1) is 0 Å². The van der Waals surface area contributed by atoms with Gasteiger partial charge in [-0.05, 0) is 31.0 Å². The van der Waals surface area contributed by atoms with Gasteiger partial charge >= 0.3 is 0 Å². The summed E-state index contributed by atoms with van der Waals surface area (Å²) in [7, 11) is -4.03. The molecule has 1 aromatic carbocycles. The van der Waals surface area contributed by atoms with Gasteiger partial charge in [0.15, 0.2) is 0 Å². The molecule has 0 aliphatic carbocycles. The third-order valence-electron chi connectivity index (χ3n) is 2.69. The van der Waals surface area contributed by atoms with Gasteiger partial charge in [-0.2, -0.15) is 0 Å². The molecular formula is C11H13FN2O4S. The Balaban J connectivity index is 2.20. The number of primary sulfonamides is 1. The van der Waals surface area contributed by atoms with E-state index in [1.807, 2.05) is 0 Å². The smallest absolute Gasteiger partial charge is 0.253 e. The Labute approximate surface area is 109 Å². The number of carbonyl (C=O) groups is 1. The van der Waals surface area contributed by atoms with Crippen LogP contribution in [-0.2, 0) is 19.6 Å². The van der Waals surface area contributed by atoms with Gasteiger partial charge in [0, 0.05) is 12.3 Å². The maximum atomic E-state index is 13.3. The molecule has 0 bridgehead atoms. The quantitative estimate of drug-likeness (QED) is 0.850. The Morgan fingerprint density at radius 2 is 2.16 bits per heavy atom. The number of benzene rings is 1. The largest absolute Gasteiger partial charge is 0.368 e. The minimum atomic E-state index is -4.03. The van der Waals surface area contributed by atoms with Gasteiger partial charge in [-0.3, -0.25) is 4.79 Å². The predicted octanol–water partition coefficient (Wildman–Crippen LogP) is 0.591. The van der Waals surface area contributed by atoms with Crippen LogP contribution in [0.4, 0.5) is 10.1 Å². The second-order valence-corrected chi connectivity index (χ2v) is 5.77. The molecule has 1 aliphatic heterocycles. The van der Waals surface area contributed by atoms with Gasteiger partial charge in [-0.25, -0.2) is 17.9 Å². The number of halogens is 1. The van der Waals surface area contributed by atoms with E-state index >= 15 is 0 Å². The number of nitrogens with one attached hydrogen (secondary N) is 1. The van der Waals surface area contributed by atoms with Crippen molar-refractivity contribution in [2.24, 2.45) is 5.14 Å². The molecular weight excluding hydrogens is 275 g/mol. The van der Waals surface area contributed by atoms with E-state index in [1.165, 1.54) is 0 Å². The Morgan fingerprint density at radius 3 is 2.74 bits per heavy atom. The molecule has 0 radical (unpaired) electrons. The van der Waals surface area contributed by atoms with Crippen LogP contribution in [0.15, 0.2) is 23.1 Å². The van der Waals surface area contributed by atoms with Crippen LogP contribution < -0.4 is 10.5 Å². The number of anilines is 1.